The van der Waals surface area contributed by atoms with E-state index in [1.807, 2.05) is 6.92 Å². The molecule has 0 bridgehead atoms. The number of rotatable bonds is 5. The van der Waals surface area contributed by atoms with E-state index in [0.717, 1.165) is 5.56 Å². The number of halogens is 1. The minimum atomic E-state index is -1.76. The summed E-state index contributed by atoms with van der Waals surface area (Å²) in [7, 11) is 1.50. The number of benzene rings is 3. The minimum absolute atomic E-state index is 0.0137. The molecule has 0 N–H and O–H groups in total. The molecular formula is C29H23FN2O5. The van der Waals surface area contributed by atoms with Crippen molar-refractivity contribution in [3.8, 4) is 0 Å². The summed E-state index contributed by atoms with van der Waals surface area (Å²) in [5.41, 5.74) is 0.190. The molecule has 3 heterocycles. The number of anilines is 1. The first-order chi connectivity index (χ1) is 17.9. The molecule has 0 aliphatic carbocycles. The number of para-hydroxylation sites is 1. The predicted molar refractivity (Wildman–Crippen MR) is 135 cm³/mol. The van der Waals surface area contributed by atoms with E-state index in [4.69, 9.17) is 9.15 Å². The van der Waals surface area contributed by atoms with Gasteiger partial charge in [0.25, 0.3) is 11.8 Å². The van der Waals surface area contributed by atoms with Gasteiger partial charge in [-0.25, -0.2) is 4.39 Å². The fraction of sp³-hybridized carbons (Fsp3) is 0.207. The Bertz CT molecular complexity index is 1660. The first-order valence-electron chi connectivity index (χ1n) is 11.9. The van der Waals surface area contributed by atoms with Gasteiger partial charge in [-0.3, -0.25) is 14.4 Å². The lowest BCUT2D eigenvalue weighted by atomic mass is 9.84. The number of carbonyl (C=O) groups excluding carboxylic acids is 2. The summed E-state index contributed by atoms with van der Waals surface area (Å²) in [6.07, 6.45) is 0. The topological polar surface area (TPSA) is 80.1 Å². The Balaban J connectivity index is 1.66. The maximum atomic E-state index is 14.7. The lowest BCUT2D eigenvalue weighted by Gasteiger charge is -2.34. The van der Waals surface area contributed by atoms with Gasteiger partial charge in [0.15, 0.2) is 11.0 Å². The van der Waals surface area contributed by atoms with Crippen LogP contribution < -0.4 is 10.3 Å². The van der Waals surface area contributed by atoms with E-state index in [9.17, 15) is 18.8 Å². The maximum Gasteiger partial charge on any atom is 0.291 e. The van der Waals surface area contributed by atoms with Crippen LogP contribution in [-0.2, 0) is 21.6 Å². The number of aryl methyl sites for hydroxylation is 1. The van der Waals surface area contributed by atoms with Gasteiger partial charge in [0.1, 0.15) is 11.4 Å². The molecule has 7 nitrogen and oxygen atoms in total. The van der Waals surface area contributed by atoms with Crippen LogP contribution in [0.5, 0.6) is 0 Å². The van der Waals surface area contributed by atoms with E-state index in [2.05, 4.69) is 0 Å². The van der Waals surface area contributed by atoms with Gasteiger partial charge in [0.05, 0.1) is 29.8 Å². The summed E-state index contributed by atoms with van der Waals surface area (Å²) in [4.78, 5) is 45.2. The van der Waals surface area contributed by atoms with Gasteiger partial charge >= 0.3 is 0 Å². The van der Waals surface area contributed by atoms with Crippen LogP contribution in [0.1, 0.15) is 32.8 Å². The van der Waals surface area contributed by atoms with Crippen LogP contribution in [0.25, 0.3) is 11.0 Å². The molecule has 0 radical (unpaired) electrons. The van der Waals surface area contributed by atoms with Crippen molar-refractivity contribution in [3.05, 3.63) is 111 Å². The average molecular weight is 499 g/mol. The number of fused-ring (bicyclic) bond motifs is 5. The number of nitrogens with zero attached hydrogens (tertiary/aromatic N) is 2. The molecule has 0 fully saturated rings. The Hall–Kier alpha value is -4.30. The second-order valence-electron chi connectivity index (χ2n) is 9.29. The van der Waals surface area contributed by atoms with E-state index in [1.165, 1.54) is 23.0 Å². The van der Waals surface area contributed by atoms with Crippen LogP contribution in [0.4, 0.5) is 10.1 Å². The molecule has 37 heavy (non-hydrogen) atoms. The molecule has 0 saturated heterocycles. The second-order valence-corrected chi connectivity index (χ2v) is 9.29. The van der Waals surface area contributed by atoms with Gasteiger partial charge in [0.2, 0.25) is 5.76 Å². The zero-order chi connectivity index (χ0) is 25.9. The Kier molecular flexibility index (Phi) is 5.24. The van der Waals surface area contributed by atoms with Gasteiger partial charge in [-0.15, -0.1) is 0 Å². The number of amides is 2. The molecule has 2 aliphatic rings. The van der Waals surface area contributed by atoms with Crippen molar-refractivity contribution < 1.29 is 23.1 Å². The van der Waals surface area contributed by atoms with Gasteiger partial charge in [0, 0.05) is 24.8 Å². The molecule has 186 valence electrons. The van der Waals surface area contributed by atoms with Crippen LogP contribution >= 0.6 is 0 Å². The number of hydrogen-bond donors (Lipinski definition) is 0. The third-order valence-corrected chi connectivity index (χ3v) is 7.20. The summed E-state index contributed by atoms with van der Waals surface area (Å²) in [5.74, 6) is -1.69. The lowest BCUT2D eigenvalue weighted by Crippen LogP contribution is -2.54. The highest BCUT2D eigenvalue weighted by molar-refractivity contribution is 6.17. The fourth-order valence-electron chi connectivity index (χ4n) is 5.54. The number of hydrogen-bond acceptors (Lipinski definition) is 5. The Labute approximate surface area is 211 Å². The number of methoxy groups -OCH3 is 1. The van der Waals surface area contributed by atoms with Crippen LogP contribution in [0.2, 0.25) is 0 Å². The number of carbonyl (C=O) groups is 2. The van der Waals surface area contributed by atoms with E-state index in [1.54, 1.807) is 60.7 Å². The minimum Gasteiger partial charge on any atom is -0.450 e. The SMILES string of the molecule is COCCN1C(=O)c2oc3ccc(C)cc3c(=O)c2[C@]12C(=O)N(Cc1ccccc1F)c1ccccc12. The van der Waals surface area contributed by atoms with E-state index in [-0.39, 0.29) is 42.0 Å². The van der Waals surface area contributed by atoms with Crippen molar-refractivity contribution in [1.82, 2.24) is 4.90 Å². The first kappa shape index (κ1) is 23.1. The van der Waals surface area contributed by atoms with Crippen molar-refractivity contribution in [2.45, 2.75) is 19.0 Å². The van der Waals surface area contributed by atoms with Crippen molar-refractivity contribution in [1.29, 1.82) is 0 Å². The van der Waals surface area contributed by atoms with Gasteiger partial charge in [-0.1, -0.05) is 48.0 Å². The molecule has 2 aliphatic heterocycles. The second kappa shape index (κ2) is 8.38. The highest BCUT2D eigenvalue weighted by Crippen LogP contribution is 2.52. The molecule has 1 spiro atoms. The van der Waals surface area contributed by atoms with E-state index in [0.29, 0.717) is 16.8 Å². The third kappa shape index (κ3) is 3.12. The smallest absolute Gasteiger partial charge is 0.291 e. The van der Waals surface area contributed by atoms with Crippen molar-refractivity contribution >= 4 is 28.5 Å². The predicted octanol–water partition coefficient (Wildman–Crippen LogP) is 4.13. The normalized spacial score (nSPS) is 18.2. The Morgan fingerprint density at radius 1 is 1.00 bits per heavy atom. The monoisotopic (exact) mass is 498 g/mol. The van der Waals surface area contributed by atoms with E-state index >= 15 is 0 Å². The highest BCUT2D eigenvalue weighted by atomic mass is 19.1. The van der Waals surface area contributed by atoms with Gasteiger partial charge < -0.3 is 19.0 Å². The van der Waals surface area contributed by atoms with Gasteiger partial charge in [-0.05, 0) is 31.2 Å². The summed E-state index contributed by atoms with van der Waals surface area (Å²) in [6, 6.07) is 18.4. The van der Waals surface area contributed by atoms with Crippen LogP contribution in [0.15, 0.2) is 75.9 Å². The summed E-state index contributed by atoms with van der Waals surface area (Å²) < 4.78 is 25.9. The molecule has 3 aromatic carbocycles. The number of ether oxygens (including phenoxy) is 1. The summed E-state index contributed by atoms with van der Waals surface area (Å²) in [6.45, 7) is 1.97. The standard InChI is InChI=1S/C29H23FN2O5/c1-17-11-12-23-19(15-17)25(33)24-26(37-23)27(34)32(13-14-36-2)29(24)20-8-4-6-10-22(20)31(28(29)35)16-18-7-3-5-9-21(18)30/h3-12,15H,13-14,16H2,1-2H3/t29-/m1/s1. The van der Waals surface area contributed by atoms with Crippen molar-refractivity contribution in [2.24, 2.45) is 0 Å². The quantitative estimate of drug-likeness (QED) is 0.413. The highest BCUT2D eigenvalue weighted by Gasteiger charge is 2.64. The molecule has 8 heteroatoms. The molecule has 1 atom stereocenters. The van der Waals surface area contributed by atoms with Crippen LogP contribution in [-0.4, -0.2) is 37.0 Å². The van der Waals surface area contributed by atoms with E-state index < -0.39 is 28.6 Å². The van der Waals surface area contributed by atoms with Crippen LogP contribution in [0.3, 0.4) is 0 Å². The first-order valence-corrected chi connectivity index (χ1v) is 11.9. The fourth-order valence-corrected chi connectivity index (χ4v) is 5.54. The lowest BCUT2D eigenvalue weighted by molar-refractivity contribution is -0.126. The molecule has 6 rings (SSSR count). The third-order valence-electron chi connectivity index (χ3n) is 7.20. The molecule has 0 saturated carbocycles. The molecule has 2 amide bonds. The Morgan fingerprint density at radius 3 is 2.54 bits per heavy atom. The Morgan fingerprint density at radius 2 is 1.76 bits per heavy atom. The summed E-state index contributed by atoms with van der Waals surface area (Å²) >= 11 is 0. The van der Waals surface area contributed by atoms with Gasteiger partial charge in [-0.2, -0.15) is 0 Å². The maximum absolute atomic E-state index is 14.7. The molecule has 4 aromatic rings. The largest absolute Gasteiger partial charge is 0.450 e. The summed E-state index contributed by atoms with van der Waals surface area (Å²) in [5, 5.41) is 0.289. The molecular weight excluding hydrogens is 475 g/mol. The average Bonchev–Trinajstić information content (AvgIpc) is 3.29. The molecule has 0 unspecified atom stereocenters. The zero-order valence-corrected chi connectivity index (χ0v) is 20.3. The van der Waals surface area contributed by atoms with Crippen LogP contribution in [0, 0.1) is 12.7 Å². The van der Waals surface area contributed by atoms with Crippen molar-refractivity contribution in [2.75, 3.05) is 25.2 Å². The zero-order valence-electron chi connectivity index (χ0n) is 20.3. The molecule has 1 aromatic heterocycles. The van der Waals surface area contributed by atoms with Crippen molar-refractivity contribution in [3.63, 3.8) is 0 Å².